The molecule has 1 aliphatic rings. The number of rotatable bonds is 1. The van der Waals surface area contributed by atoms with Crippen molar-refractivity contribution >= 4 is 17.4 Å². The maximum absolute atomic E-state index is 10.7. The van der Waals surface area contributed by atoms with Crippen molar-refractivity contribution in [1.82, 2.24) is 9.88 Å². The van der Waals surface area contributed by atoms with Crippen molar-refractivity contribution in [2.75, 3.05) is 13.1 Å². The van der Waals surface area contributed by atoms with Crippen LogP contribution in [0.5, 0.6) is 0 Å². The molecule has 1 amide bonds. The van der Waals surface area contributed by atoms with Gasteiger partial charge < -0.3 is 15.1 Å². The van der Waals surface area contributed by atoms with Gasteiger partial charge in [0.25, 0.3) is 0 Å². The summed E-state index contributed by atoms with van der Waals surface area (Å²) < 4.78 is 0. The first-order valence-electron chi connectivity index (χ1n) is 4.22. The molecule has 5 nitrogen and oxygen atoms in total. The lowest BCUT2D eigenvalue weighted by Crippen LogP contribution is -2.33. The Morgan fingerprint density at radius 2 is 2.50 bits per heavy atom. The van der Waals surface area contributed by atoms with Gasteiger partial charge in [-0.2, -0.15) is 0 Å². The second-order valence-electron chi connectivity index (χ2n) is 3.32. The van der Waals surface area contributed by atoms with Gasteiger partial charge in [0.1, 0.15) is 10.6 Å². The Bertz CT molecular complexity index is 340. The average Bonchev–Trinajstić information content (AvgIpc) is 2.71. The number of β-amino-alcohol motifs (C(OH)–C–C–N with tert-alkyl or cyclic N) is 1. The lowest BCUT2D eigenvalue weighted by atomic mass is 10.1. The molecule has 1 unspecified atom stereocenters. The highest BCUT2D eigenvalue weighted by molar-refractivity contribution is 7.09. The molecule has 0 bridgehead atoms. The van der Waals surface area contributed by atoms with Crippen molar-refractivity contribution in [2.45, 2.75) is 12.0 Å². The van der Waals surface area contributed by atoms with Gasteiger partial charge in [-0.15, -0.1) is 11.3 Å². The van der Waals surface area contributed by atoms with Crippen molar-refractivity contribution in [2.24, 2.45) is 0 Å². The number of carbonyl (C=O) groups is 1. The number of aromatic nitrogens is 1. The van der Waals surface area contributed by atoms with E-state index in [1.807, 2.05) is 0 Å². The third kappa shape index (κ3) is 1.46. The summed E-state index contributed by atoms with van der Waals surface area (Å²) in [6.45, 7) is 0.487. The molecule has 76 valence electrons. The fourth-order valence-corrected chi connectivity index (χ4v) is 2.34. The van der Waals surface area contributed by atoms with Crippen LogP contribution >= 0.6 is 11.3 Å². The van der Waals surface area contributed by atoms with E-state index in [2.05, 4.69) is 4.98 Å². The Labute approximate surface area is 84.6 Å². The van der Waals surface area contributed by atoms with Crippen LogP contribution in [0.1, 0.15) is 11.4 Å². The van der Waals surface area contributed by atoms with Crippen molar-refractivity contribution < 1.29 is 15.0 Å². The summed E-state index contributed by atoms with van der Waals surface area (Å²) in [4.78, 5) is 15.9. The van der Waals surface area contributed by atoms with Crippen LogP contribution in [0.15, 0.2) is 11.6 Å². The molecule has 2 heterocycles. The SMILES string of the molecule is O=C(O)N1CCC(O)(c2nccs2)C1. The molecule has 1 aromatic heterocycles. The summed E-state index contributed by atoms with van der Waals surface area (Å²) >= 11 is 1.35. The summed E-state index contributed by atoms with van der Waals surface area (Å²) in [7, 11) is 0. The zero-order chi connectivity index (χ0) is 10.2. The normalized spacial score (nSPS) is 26.8. The third-order valence-electron chi connectivity index (χ3n) is 2.35. The van der Waals surface area contributed by atoms with Gasteiger partial charge in [0.05, 0.1) is 6.54 Å². The molecular weight excluding hydrogens is 204 g/mol. The molecule has 1 atom stereocenters. The first-order valence-corrected chi connectivity index (χ1v) is 5.10. The van der Waals surface area contributed by atoms with E-state index in [1.165, 1.54) is 16.2 Å². The van der Waals surface area contributed by atoms with Crippen molar-refractivity contribution in [1.29, 1.82) is 0 Å². The Hall–Kier alpha value is -1.14. The highest BCUT2D eigenvalue weighted by atomic mass is 32.1. The van der Waals surface area contributed by atoms with Crippen LogP contribution < -0.4 is 0 Å². The number of aliphatic hydroxyl groups is 1. The van der Waals surface area contributed by atoms with E-state index < -0.39 is 11.7 Å². The van der Waals surface area contributed by atoms with Gasteiger partial charge in [0, 0.05) is 24.5 Å². The van der Waals surface area contributed by atoms with E-state index in [0.29, 0.717) is 18.0 Å². The molecule has 2 N–H and O–H groups in total. The molecule has 1 aliphatic heterocycles. The first-order chi connectivity index (χ1) is 6.62. The van der Waals surface area contributed by atoms with Crippen LogP contribution in [0.25, 0.3) is 0 Å². The van der Waals surface area contributed by atoms with Crippen LogP contribution in [0.3, 0.4) is 0 Å². The number of hydrogen-bond acceptors (Lipinski definition) is 4. The fourth-order valence-electron chi connectivity index (χ4n) is 1.58. The lowest BCUT2D eigenvalue weighted by Gasteiger charge is -2.19. The Morgan fingerprint density at radius 3 is 3.00 bits per heavy atom. The summed E-state index contributed by atoms with van der Waals surface area (Å²) in [5, 5.41) is 21.2. The van der Waals surface area contributed by atoms with Crippen LogP contribution in [0.4, 0.5) is 4.79 Å². The molecule has 0 spiro atoms. The molecule has 1 saturated heterocycles. The molecule has 6 heteroatoms. The first kappa shape index (κ1) is 9.42. The number of thiazole rings is 1. The summed E-state index contributed by atoms with van der Waals surface area (Å²) in [5.74, 6) is 0. The van der Waals surface area contributed by atoms with E-state index in [0.717, 1.165) is 0 Å². The fraction of sp³-hybridized carbons (Fsp3) is 0.500. The second-order valence-corrected chi connectivity index (χ2v) is 4.22. The minimum atomic E-state index is -1.08. The van der Waals surface area contributed by atoms with E-state index in [-0.39, 0.29) is 6.54 Å². The number of carboxylic acid groups (broad SMARTS) is 1. The number of amides is 1. The van der Waals surface area contributed by atoms with Crippen LogP contribution in [0.2, 0.25) is 0 Å². The van der Waals surface area contributed by atoms with E-state index in [4.69, 9.17) is 5.11 Å². The number of nitrogens with zero attached hydrogens (tertiary/aromatic N) is 2. The molecule has 2 rings (SSSR count). The molecule has 1 fully saturated rings. The molecule has 0 aromatic carbocycles. The van der Waals surface area contributed by atoms with Crippen molar-refractivity contribution in [3.8, 4) is 0 Å². The Balaban J connectivity index is 2.17. The Kier molecular flexibility index (Phi) is 2.16. The maximum atomic E-state index is 10.7. The summed E-state index contributed by atoms with van der Waals surface area (Å²) in [6, 6.07) is 0. The van der Waals surface area contributed by atoms with Gasteiger partial charge >= 0.3 is 6.09 Å². The topological polar surface area (TPSA) is 73.7 Å². The van der Waals surface area contributed by atoms with Crippen molar-refractivity contribution in [3.63, 3.8) is 0 Å². The largest absolute Gasteiger partial charge is 0.465 e. The number of hydrogen-bond donors (Lipinski definition) is 2. The second kappa shape index (κ2) is 3.21. The Morgan fingerprint density at radius 1 is 1.71 bits per heavy atom. The molecule has 0 aliphatic carbocycles. The minimum absolute atomic E-state index is 0.121. The molecular formula is C8H10N2O3S. The van der Waals surface area contributed by atoms with Crippen molar-refractivity contribution in [3.05, 3.63) is 16.6 Å². The van der Waals surface area contributed by atoms with Gasteiger partial charge in [0.15, 0.2) is 0 Å². The highest BCUT2D eigenvalue weighted by Gasteiger charge is 2.41. The third-order valence-corrected chi connectivity index (χ3v) is 3.32. The number of likely N-dealkylation sites (tertiary alicyclic amines) is 1. The van der Waals surface area contributed by atoms with Gasteiger partial charge in [-0.1, -0.05) is 0 Å². The van der Waals surface area contributed by atoms with Crippen LogP contribution in [-0.2, 0) is 5.60 Å². The molecule has 14 heavy (non-hydrogen) atoms. The standard InChI is InChI=1S/C8H10N2O3S/c11-7(12)10-3-1-8(13,5-10)6-9-2-4-14-6/h2,4,13H,1,3,5H2,(H,11,12). The van der Waals surface area contributed by atoms with Crippen LogP contribution in [-0.4, -0.2) is 39.3 Å². The monoisotopic (exact) mass is 214 g/mol. The lowest BCUT2D eigenvalue weighted by molar-refractivity contribution is 0.0457. The zero-order valence-electron chi connectivity index (χ0n) is 7.38. The molecule has 0 saturated carbocycles. The van der Waals surface area contributed by atoms with Crippen LogP contribution in [0, 0.1) is 0 Å². The quantitative estimate of drug-likeness (QED) is 0.722. The zero-order valence-corrected chi connectivity index (χ0v) is 8.20. The van der Waals surface area contributed by atoms with Gasteiger partial charge in [0.2, 0.25) is 0 Å². The summed E-state index contributed by atoms with van der Waals surface area (Å²) in [5.41, 5.74) is -1.08. The average molecular weight is 214 g/mol. The summed E-state index contributed by atoms with van der Waals surface area (Å²) in [6.07, 6.45) is 1.05. The van der Waals surface area contributed by atoms with E-state index in [1.54, 1.807) is 11.6 Å². The maximum Gasteiger partial charge on any atom is 0.407 e. The molecule has 0 radical (unpaired) electrons. The predicted molar refractivity (Wildman–Crippen MR) is 50.2 cm³/mol. The van der Waals surface area contributed by atoms with E-state index >= 15 is 0 Å². The predicted octanol–water partition coefficient (Wildman–Crippen LogP) is 0.714. The van der Waals surface area contributed by atoms with Gasteiger partial charge in [-0.25, -0.2) is 9.78 Å². The smallest absolute Gasteiger partial charge is 0.407 e. The minimum Gasteiger partial charge on any atom is -0.465 e. The van der Waals surface area contributed by atoms with Gasteiger partial charge in [-0.3, -0.25) is 0 Å². The highest BCUT2D eigenvalue weighted by Crippen LogP contribution is 2.32. The van der Waals surface area contributed by atoms with E-state index in [9.17, 15) is 9.90 Å². The molecule has 1 aromatic rings. The van der Waals surface area contributed by atoms with Gasteiger partial charge in [-0.05, 0) is 0 Å².